The number of nitrogen functional groups attached to an aromatic ring is 1. The van der Waals surface area contributed by atoms with Crippen molar-refractivity contribution in [3.05, 3.63) is 50.6 Å². The van der Waals surface area contributed by atoms with Gasteiger partial charge in [0.1, 0.15) is 0 Å². The smallest absolute Gasteiger partial charge is 0.254 e. The molecule has 0 radical (unpaired) electrons. The highest BCUT2D eigenvalue weighted by molar-refractivity contribution is 9.10. The summed E-state index contributed by atoms with van der Waals surface area (Å²) in [5.41, 5.74) is 7.05. The van der Waals surface area contributed by atoms with Crippen LogP contribution in [0, 0.1) is 0 Å². The first kappa shape index (κ1) is 15.1. The summed E-state index contributed by atoms with van der Waals surface area (Å²) in [4.78, 5) is 15.7. The van der Waals surface area contributed by atoms with E-state index in [4.69, 9.17) is 5.73 Å². The maximum absolute atomic E-state index is 12.6. The fraction of sp³-hybridized carbons (Fsp3) is 0.267. The summed E-state index contributed by atoms with van der Waals surface area (Å²) in [6, 6.07) is 9.49. The highest BCUT2D eigenvalue weighted by atomic mass is 79.9. The number of hydrogen-bond donors (Lipinski definition) is 1. The van der Waals surface area contributed by atoms with Crippen molar-refractivity contribution in [3.63, 3.8) is 0 Å². The van der Waals surface area contributed by atoms with Gasteiger partial charge < -0.3 is 10.6 Å². The summed E-state index contributed by atoms with van der Waals surface area (Å²) in [5.74, 6) is 0.0223. The Morgan fingerprint density at radius 1 is 1.40 bits per heavy atom. The Kier molecular flexibility index (Phi) is 4.83. The normalized spacial score (nSPS) is 10.8. The maximum atomic E-state index is 12.6. The highest BCUT2D eigenvalue weighted by Crippen LogP contribution is 2.23. The fourth-order valence-electron chi connectivity index (χ4n) is 1.89. The molecule has 0 saturated heterocycles. The number of nitrogens with two attached hydrogens (primary N) is 1. The van der Waals surface area contributed by atoms with Gasteiger partial charge in [-0.15, -0.1) is 11.3 Å². The molecule has 0 spiro atoms. The Hall–Kier alpha value is -1.33. The molecule has 1 heterocycles. The Bertz CT molecular complexity index is 596. The molecule has 0 bridgehead atoms. The predicted molar refractivity (Wildman–Crippen MR) is 87.9 cm³/mol. The zero-order valence-electron chi connectivity index (χ0n) is 11.5. The zero-order valence-corrected chi connectivity index (χ0v) is 13.9. The second kappa shape index (κ2) is 6.41. The lowest BCUT2D eigenvalue weighted by Gasteiger charge is -2.26. The largest absolute Gasteiger partial charge is 0.398 e. The van der Waals surface area contributed by atoms with Crippen molar-refractivity contribution in [2.45, 2.75) is 26.4 Å². The Labute approximate surface area is 131 Å². The van der Waals surface area contributed by atoms with E-state index in [-0.39, 0.29) is 11.9 Å². The number of nitrogens with zero attached hydrogens (tertiary/aromatic N) is 1. The molecule has 0 aliphatic carbocycles. The first-order chi connectivity index (χ1) is 9.49. The second-order valence-corrected chi connectivity index (χ2v) is 6.73. The third kappa shape index (κ3) is 3.41. The molecule has 0 saturated carbocycles. The number of hydrogen-bond acceptors (Lipinski definition) is 3. The van der Waals surface area contributed by atoms with Crippen LogP contribution in [0.15, 0.2) is 40.2 Å². The minimum atomic E-state index is 0.0223. The van der Waals surface area contributed by atoms with E-state index in [1.807, 2.05) is 36.3 Å². The lowest BCUT2D eigenvalue weighted by molar-refractivity contribution is 0.0692. The number of carbonyl (C=O) groups excluding carboxylic acids is 1. The Morgan fingerprint density at radius 3 is 2.70 bits per heavy atom. The molecule has 2 rings (SSSR count). The molecule has 0 atom stereocenters. The number of benzene rings is 1. The molecule has 5 heteroatoms. The molecule has 1 aromatic heterocycles. The molecule has 106 valence electrons. The van der Waals surface area contributed by atoms with Gasteiger partial charge in [0.25, 0.3) is 5.91 Å². The number of anilines is 1. The summed E-state index contributed by atoms with van der Waals surface area (Å²) < 4.78 is 0.753. The molecule has 2 N–H and O–H groups in total. The highest BCUT2D eigenvalue weighted by Gasteiger charge is 2.20. The molecule has 20 heavy (non-hydrogen) atoms. The van der Waals surface area contributed by atoms with E-state index in [1.54, 1.807) is 29.5 Å². The first-order valence-electron chi connectivity index (χ1n) is 6.37. The minimum absolute atomic E-state index is 0.0223. The third-order valence-electron chi connectivity index (χ3n) is 3.04. The van der Waals surface area contributed by atoms with Gasteiger partial charge in [-0.05, 0) is 59.4 Å². The van der Waals surface area contributed by atoms with Gasteiger partial charge in [0.2, 0.25) is 0 Å². The summed E-state index contributed by atoms with van der Waals surface area (Å²) in [6.07, 6.45) is 0. The van der Waals surface area contributed by atoms with Gasteiger partial charge in [-0.3, -0.25) is 4.79 Å². The van der Waals surface area contributed by atoms with Gasteiger partial charge in [0.15, 0.2) is 0 Å². The summed E-state index contributed by atoms with van der Waals surface area (Å²) in [6.45, 7) is 4.69. The maximum Gasteiger partial charge on any atom is 0.254 e. The average molecular weight is 353 g/mol. The van der Waals surface area contributed by atoms with Crippen molar-refractivity contribution < 1.29 is 4.79 Å². The number of carbonyl (C=O) groups is 1. The van der Waals surface area contributed by atoms with Crippen molar-refractivity contribution in [1.29, 1.82) is 0 Å². The molecular weight excluding hydrogens is 336 g/mol. The fourth-order valence-corrected chi connectivity index (χ4v) is 2.97. The van der Waals surface area contributed by atoms with Crippen LogP contribution in [0.3, 0.4) is 0 Å². The van der Waals surface area contributed by atoms with Crippen molar-refractivity contribution in [3.8, 4) is 0 Å². The first-order valence-corrected chi connectivity index (χ1v) is 8.04. The van der Waals surface area contributed by atoms with Crippen molar-refractivity contribution in [2.24, 2.45) is 0 Å². The monoisotopic (exact) mass is 352 g/mol. The number of thiophene rings is 1. The van der Waals surface area contributed by atoms with Crippen molar-refractivity contribution in [1.82, 2.24) is 4.90 Å². The lowest BCUT2D eigenvalue weighted by atomic mass is 10.1. The summed E-state index contributed by atoms with van der Waals surface area (Å²) >= 11 is 5.03. The Morgan fingerprint density at radius 2 is 2.15 bits per heavy atom. The van der Waals surface area contributed by atoms with Crippen LogP contribution < -0.4 is 5.73 Å². The van der Waals surface area contributed by atoms with Crippen molar-refractivity contribution in [2.75, 3.05) is 5.73 Å². The lowest BCUT2D eigenvalue weighted by Crippen LogP contribution is -2.36. The predicted octanol–water partition coefficient (Wildman–Crippen LogP) is 4.14. The molecule has 0 unspecified atom stereocenters. The molecule has 1 aromatic carbocycles. The second-order valence-electron chi connectivity index (χ2n) is 4.84. The number of halogens is 1. The summed E-state index contributed by atoms with van der Waals surface area (Å²) in [7, 11) is 0. The van der Waals surface area contributed by atoms with Crippen LogP contribution >= 0.6 is 27.3 Å². The van der Waals surface area contributed by atoms with Gasteiger partial charge in [0, 0.05) is 26.6 Å². The van der Waals surface area contributed by atoms with E-state index >= 15 is 0 Å². The number of rotatable bonds is 4. The van der Waals surface area contributed by atoms with E-state index in [0.717, 1.165) is 4.47 Å². The Balaban J connectivity index is 2.24. The van der Waals surface area contributed by atoms with Crippen LogP contribution in [-0.4, -0.2) is 16.8 Å². The van der Waals surface area contributed by atoms with E-state index in [0.29, 0.717) is 17.8 Å². The van der Waals surface area contributed by atoms with Crippen LogP contribution in [0.25, 0.3) is 0 Å². The standard InChI is InChI=1S/C15H17BrN2OS/c1-10(2)18(9-12-4-3-7-20-12)15(19)11-5-6-14(17)13(16)8-11/h3-8,10H,9,17H2,1-2H3. The van der Waals surface area contributed by atoms with Gasteiger partial charge >= 0.3 is 0 Å². The SMILES string of the molecule is CC(C)N(Cc1cccs1)C(=O)c1ccc(N)c(Br)c1. The molecule has 0 aliphatic heterocycles. The molecule has 3 nitrogen and oxygen atoms in total. The van der Waals surface area contributed by atoms with Gasteiger partial charge in [-0.2, -0.15) is 0 Å². The minimum Gasteiger partial charge on any atom is -0.398 e. The van der Waals surface area contributed by atoms with Crippen molar-refractivity contribution >= 4 is 38.9 Å². The van der Waals surface area contributed by atoms with E-state index in [2.05, 4.69) is 15.9 Å². The molecule has 0 fully saturated rings. The van der Waals surface area contributed by atoms with Gasteiger partial charge in [-0.25, -0.2) is 0 Å². The van der Waals surface area contributed by atoms with E-state index < -0.39 is 0 Å². The average Bonchev–Trinajstić information content (AvgIpc) is 2.91. The third-order valence-corrected chi connectivity index (χ3v) is 4.59. The van der Waals surface area contributed by atoms with Crippen LogP contribution in [0.5, 0.6) is 0 Å². The summed E-state index contributed by atoms with van der Waals surface area (Å²) in [5, 5.41) is 2.03. The number of amides is 1. The molecule has 0 aliphatic rings. The van der Waals surface area contributed by atoms with Crippen LogP contribution in [-0.2, 0) is 6.54 Å². The van der Waals surface area contributed by atoms with Crippen LogP contribution in [0.2, 0.25) is 0 Å². The molecule has 2 aromatic rings. The molecule has 1 amide bonds. The molecular formula is C15H17BrN2OS. The van der Waals surface area contributed by atoms with Crippen LogP contribution in [0.4, 0.5) is 5.69 Å². The van der Waals surface area contributed by atoms with Gasteiger partial charge in [0.05, 0.1) is 6.54 Å². The van der Waals surface area contributed by atoms with E-state index in [9.17, 15) is 4.79 Å². The zero-order chi connectivity index (χ0) is 14.7. The quantitative estimate of drug-likeness (QED) is 0.840. The van der Waals surface area contributed by atoms with Crippen LogP contribution in [0.1, 0.15) is 29.1 Å². The van der Waals surface area contributed by atoms with E-state index in [1.165, 1.54) is 4.88 Å². The topological polar surface area (TPSA) is 46.3 Å². The van der Waals surface area contributed by atoms with Gasteiger partial charge in [-0.1, -0.05) is 6.07 Å².